The van der Waals surface area contributed by atoms with Crippen molar-refractivity contribution in [1.29, 1.82) is 0 Å². The van der Waals surface area contributed by atoms with Gasteiger partial charge in [0.25, 0.3) is 11.8 Å². The van der Waals surface area contributed by atoms with Crippen LogP contribution < -0.4 is 10.6 Å². The number of nitrogens with zero attached hydrogens (tertiary/aromatic N) is 1. The lowest BCUT2D eigenvalue weighted by molar-refractivity contribution is -0.147. The second-order valence-electron chi connectivity index (χ2n) is 7.11. The number of carbonyl (C=O) groups is 3. The van der Waals surface area contributed by atoms with Crippen molar-refractivity contribution in [3.8, 4) is 0 Å². The van der Waals surface area contributed by atoms with E-state index in [4.69, 9.17) is 4.74 Å². The molecule has 0 atom stereocenters. The summed E-state index contributed by atoms with van der Waals surface area (Å²) in [6, 6.07) is 14.8. The van der Waals surface area contributed by atoms with Crippen LogP contribution in [0.2, 0.25) is 0 Å². The molecular formula is C22H24N4O4. The molecule has 0 unspecified atom stereocenters. The highest BCUT2D eigenvalue weighted by atomic mass is 16.5. The quantitative estimate of drug-likeness (QED) is 0.496. The van der Waals surface area contributed by atoms with Gasteiger partial charge in [0.15, 0.2) is 12.3 Å². The number of aromatic amines is 1. The molecule has 0 saturated heterocycles. The number of hydrogen-bond donors (Lipinski definition) is 3. The van der Waals surface area contributed by atoms with Crippen molar-refractivity contribution >= 4 is 34.4 Å². The van der Waals surface area contributed by atoms with Crippen LogP contribution in [0.1, 0.15) is 42.2 Å². The van der Waals surface area contributed by atoms with Crippen LogP contribution in [-0.4, -0.2) is 41.1 Å². The number of nitrogens with one attached hydrogen (secondary N) is 3. The fourth-order valence-electron chi connectivity index (χ4n) is 2.86. The van der Waals surface area contributed by atoms with Crippen LogP contribution in [0.3, 0.4) is 0 Å². The molecular weight excluding hydrogens is 384 g/mol. The number of rotatable bonds is 8. The van der Waals surface area contributed by atoms with Gasteiger partial charge in [-0.3, -0.25) is 19.5 Å². The monoisotopic (exact) mass is 408 g/mol. The number of carbonyl (C=O) groups excluding carboxylic acids is 3. The highest BCUT2D eigenvalue weighted by Gasteiger charge is 2.14. The van der Waals surface area contributed by atoms with Gasteiger partial charge in [-0.15, -0.1) is 0 Å². The van der Waals surface area contributed by atoms with E-state index in [0.717, 1.165) is 5.52 Å². The summed E-state index contributed by atoms with van der Waals surface area (Å²) in [5, 5.41) is 12.8. The van der Waals surface area contributed by atoms with Gasteiger partial charge in [-0.1, -0.05) is 44.2 Å². The van der Waals surface area contributed by atoms with E-state index < -0.39 is 11.9 Å². The van der Waals surface area contributed by atoms with Gasteiger partial charge in [-0.05, 0) is 29.7 Å². The molecule has 8 heteroatoms. The Morgan fingerprint density at radius 2 is 1.80 bits per heavy atom. The summed E-state index contributed by atoms with van der Waals surface area (Å²) in [6.07, 6.45) is -0.0511. The summed E-state index contributed by atoms with van der Waals surface area (Å²) in [5.74, 6) is -0.981. The van der Waals surface area contributed by atoms with E-state index in [1.165, 1.54) is 5.56 Å². The zero-order chi connectivity index (χ0) is 21.5. The Kier molecular flexibility index (Phi) is 6.79. The molecule has 2 aromatic carbocycles. The molecule has 0 aliphatic carbocycles. The normalized spacial score (nSPS) is 10.8. The number of benzene rings is 2. The van der Waals surface area contributed by atoms with Crippen molar-refractivity contribution in [2.75, 3.05) is 18.5 Å². The predicted molar refractivity (Wildman–Crippen MR) is 113 cm³/mol. The molecule has 0 bridgehead atoms. The molecule has 3 aromatic rings. The fraction of sp³-hybridized carbons (Fsp3) is 0.273. The van der Waals surface area contributed by atoms with Crippen LogP contribution in [0.15, 0.2) is 48.5 Å². The summed E-state index contributed by atoms with van der Waals surface area (Å²) >= 11 is 0. The first-order valence-corrected chi connectivity index (χ1v) is 9.71. The van der Waals surface area contributed by atoms with Gasteiger partial charge in [0.2, 0.25) is 0 Å². The summed E-state index contributed by atoms with van der Waals surface area (Å²) in [7, 11) is 0. The van der Waals surface area contributed by atoms with Gasteiger partial charge in [0.05, 0.1) is 11.9 Å². The Morgan fingerprint density at radius 3 is 2.53 bits per heavy atom. The summed E-state index contributed by atoms with van der Waals surface area (Å²) < 4.78 is 4.96. The van der Waals surface area contributed by atoms with Gasteiger partial charge in [0.1, 0.15) is 0 Å². The first-order valence-electron chi connectivity index (χ1n) is 9.71. The number of amides is 2. The third-order valence-corrected chi connectivity index (χ3v) is 4.53. The van der Waals surface area contributed by atoms with E-state index in [9.17, 15) is 14.4 Å². The highest BCUT2D eigenvalue weighted by molar-refractivity contribution is 6.04. The minimum Gasteiger partial charge on any atom is -0.456 e. The molecule has 0 aliphatic heterocycles. The second-order valence-corrected chi connectivity index (χ2v) is 7.11. The molecule has 1 heterocycles. The van der Waals surface area contributed by atoms with E-state index in [1.807, 2.05) is 42.5 Å². The molecule has 8 nitrogen and oxygen atoms in total. The van der Waals surface area contributed by atoms with E-state index in [-0.39, 0.29) is 31.2 Å². The van der Waals surface area contributed by atoms with E-state index in [1.54, 1.807) is 6.07 Å². The van der Waals surface area contributed by atoms with Gasteiger partial charge >= 0.3 is 5.97 Å². The van der Waals surface area contributed by atoms with Crippen LogP contribution in [-0.2, 0) is 14.3 Å². The van der Waals surface area contributed by atoms with Gasteiger partial charge in [0, 0.05) is 17.6 Å². The van der Waals surface area contributed by atoms with Gasteiger partial charge in [-0.25, -0.2) is 0 Å². The van der Waals surface area contributed by atoms with Crippen molar-refractivity contribution in [2.45, 2.75) is 26.2 Å². The number of esters is 1. The maximum Gasteiger partial charge on any atom is 0.308 e. The van der Waals surface area contributed by atoms with Crippen molar-refractivity contribution < 1.29 is 19.1 Å². The molecule has 156 valence electrons. The molecule has 1 aromatic heterocycles. The van der Waals surface area contributed by atoms with Crippen molar-refractivity contribution in [1.82, 2.24) is 15.5 Å². The predicted octanol–water partition coefficient (Wildman–Crippen LogP) is 2.99. The lowest BCUT2D eigenvalue weighted by atomic mass is 10.0. The Labute approximate surface area is 174 Å². The van der Waals surface area contributed by atoms with Crippen LogP contribution in [0, 0.1) is 0 Å². The number of aromatic nitrogens is 2. The van der Waals surface area contributed by atoms with Crippen LogP contribution in [0.25, 0.3) is 10.9 Å². The van der Waals surface area contributed by atoms with Crippen molar-refractivity contribution in [3.63, 3.8) is 0 Å². The number of anilines is 1. The summed E-state index contributed by atoms with van der Waals surface area (Å²) in [4.78, 5) is 36.0. The van der Waals surface area contributed by atoms with E-state index in [2.05, 4.69) is 34.7 Å². The molecule has 0 radical (unpaired) electrons. The lowest BCUT2D eigenvalue weighted by Crippen LogP contribution is -2.28. The Hall–Kier alpha value is -3.68. The minimum atomic E-state index is -0.576. The first kappa shape index (κ1) is 21.0. The maximum absolute atomic E-state index is 12.2. The molecule has 3 rings (SSSR count). The number of H-pyrrole nitrogens is 1. The molecule has 0 aliphatic rings. The van der Waals surface area contributed by atoms with E-state index in [0.29, 0.717) is 17.0 Å². The summed E-state index contributed by atoms with van der Waals surface area (Å²) in [6.45, 7) is 3.87. The Morgan fingerprint density at radius 1 is 1.07 bits per heavy atom. The lowest BCUT2D eigenvalue weighted by Gasteiger charge is -2.09. The Balaban J connectivity index is 1.38. The molecule has 30 heavy (non-hydrogen) atoms. The van der Waals surface area contributed by atoms with Crippen LogP contribution >= 0.6 is 0 Å². The third-order valence-electron chi connectivity index (χ3n) is 4.53. The molecule has 0 spiro atoms. The number of hydrogen-bond acceptors (Lipinski definition) is 5. The second kappa shape index (κ2) is 9.69. The van der Waals surface area contributed by atoms with Gasteiger partial charge in [-0.2, -0.15) is 5.10 Å². The number of para-hydroxylation sites is 1. The maximum atomic E-state index is 12.2. The van der Waals surface area contributed by atoms with Crippen molar-refractivity contribution in [2.24, 2.45) is 0 Å². The van der Waals surface area contributed by atoms with Crippen LogP contribution in [0.5, 0.6) is 0 Å². The summed E-state index contributed by atoms with van der Waals surface area (Å²) in [5.41, 5.74) is 2.83. The van der Waals surface area contributed by atoms with E-state index >= 15 is 0 Å². The van der Waals surface area contributed by atoms with Crippen LogP contribution in [0.4, 0.5) is 5.69 Å². The SMILES string of the molecule is CC(C)c1ccc(NC(=O)COC(=O)CCNC(=O)c2n[nH]c3ccccc23)cc1. The molecule has 2 amide bonds. The average Bonchev–Trinajstić information content (AvgIpc) is 3.17. The number of fused-ring (bicyclic) bond motifs is 1. The third kappa shape index (κ3) is 5.44. The molecule has 0 saturated carbocycles. The fourth-order valence-corrected chi connectivity index (χ4v) is 2.86. The zero-order valence-corrected chi connectivity index (χ0v) is 16.9. The van der Waals surface area contributed by atoms with Gasteiger partial charge < -0.3 is 15.4 Å². The smallest absolute Gasteiger partial charge is 0.308 e. The zero-order valence-electron chi connectivity index (χ0n) is 16.9. The highest BCUT2D eigenvalue weighted by Crippen LogP contribution is 2.17. The molecule has 0 fully saturated rings. The Bertz CT molecular complexity index is 1040. The topological polar surface area (TPSA) is 113 Å². The largest absolute Gasteiger partial charge is 0.456 e. The standard InChI is InChI=1S/C22H24N4O4/c1-14(2)15-7-9-16(10-8-15)24-19(27)13-30-20(28)11-12-23-22(29)21-17-5-3-4-6-18(17)25-26-21/h3-10,14H,11-13H2,1-2H3,(H,23,29)(H,24,27)(H,25,26). The van der Waals surface area contributed by atoms with Crippen molar-refractivity contribution in [3.05, 3.63) is 59.8 Å². The molecule has 3 N–H and O–H groups in total. The average molecular weight is 408 g/mol. The number of ether oxygens (including phenoxy) is 1. The minimum absolute atomic E-state index is 0.0511. The first-order chi connectivity index (χ1) is 14.4.